The van der Waals surface area contributed by atoms with Crippen LogP contribution in [0.2, 0.25) is 0 Å². The van der Waals surface area contributed by atoms with Gasteiger partial charge in [-0.25, -0.2) is 4.79 Å². The third-order valence-electron chi connectivity index (χ3n) is 6.63. The van der Waals surface area contributed by atoms with E-state index >= 15 is 0 Å². The van der Waals surface area contributed by atoms with Crippen molar-refractivity contribution in [2.75, 3.05) is 19.7 Å². The molecule has 0 amide bonds. The molecular weight excluding hydrogens is 366 g/mol. The van der Waals surface area contributed by atoms with Crippen LogP contribution in [0.3, 0.4) is 0 Å². The Balaban J connectivity index is 1.69. The molecule has 0 aromatic heterocycles. The highest BCUT2D eigenvalue weighted by atomic mass is 16.6. The van der Waals surface area contributed by atoms with E-state index in [1.54, 1.807) is 20.8 Å². The van der Waals surface area contributed by atoms with Crippen molar-refractivity contribution in [3.05, 3.63) is 11.6 Å². The smallest absolute Gasteiger partial charge is 0.338 e. The zero-order valence-electron chi connectivity index (χ0n) is 16.7. The average Bonchev–Trinajstić information content (AvgIpc) is 3.22. The molecule has 8 heteroatoms. The van der Waals surface area contributed by atoms with Crippen molar-refractivity contribution in [1.82, 2.24) is 4.90 Å². The minimum atomic E-state index is -1.33. The minimum absolute atomic E-state index is 0.0444. The number of fused-ring (bicyclic) bond motifs is 2. The quantitative estimate of drug-likeness (QED) is 0.370. The van der Waals surface area contributed by atoms with Crippen LogP contribution in [0.5, 0.6) is 0 Å². The third-order valence-corrected chi connectivity index (χ3v) is 6.63. The first kappa shape index (κ1) is 19.4. The number of carbonyl (C=O) groups excluding carboxylic acids is 3. The highest BCUT2D eigenvalue weighted by Gasteiger charge is 2.63. The van der Waals surface area contributed by atoms with E-state index < -0.39 is 41.1 Å². The van der Waals surface area contributed by atoms with E-state index in [0.29, 0.717) is 0 Å². The molecule has 2 bridgehead atoms. The molecule has 154 valence electrons. The van der Waals surface area contributed by atoms with Crippen molar-refractivity contribution in [1.29, 1.82) is 0 Å². The van der Waals surface area contributed by atoms with E-state index in [4.69, 9.17) is 18.9 Å². The van der Waals surface area contributed by atoms with Gasteiger partial charge in [-0.15, -0.1) is 0 Å². The average molecular weight is 393 g/mol. The largest absolute Gasteiger partial charge is 0.460 e. The minimum Gasteiger partial charge on any atom is -0.460 e. The summed E-state index contributed by atoms with van der Waals surface area (Å²) in [6.45, 7) is 8.12. The topological polar surface area (TPSA) is 91.4 Å². The van der Waals surface area contributed by atoms with Gasteiger partial charge in [0.25, 0.3) is 0 Å². The molecule has 3 fully saturated rings. The maximum absolute atomic E-state index is 13.0. The van der Waals surface area contributed by atoms with E-state index in [9.17, 15) is 14.4 Å². The summed E-state index contributed by atoms with van der Waals surface area (Å²) >= 11 is 0. The summed E-state index contributed by atoms with van der Waals surface area (Å²) in [6.07, 6.45) is 1.62. The molecule has 0 unspecified atom stereocenters. The van der Waals surface area contributed by atoms with Gasteiger partial charge in [-0.05, 0) is 25.8 Å². The molecule has 0 spiro atoms. The van der Waals surface area contributed by atoms with Gasteiger partial charge in [0.1, 0.15) is 24.4 Å². The Morgan fingerprint density at radius 1 is 1.32 bits per heavy atom. The molecule has 8 nitrogen and oxygen atoms in total. The number of rotatable bonds is 1. The molecule has 0 aromatic rings. The van der Waals surface area contributed by atoms with Gasteiger partial charge in [0.05, 0.1) is 12.5 Å². The van der Waals surface area contributed by atoms with Crippen LogP contribution in [0.1, 0.15) is 40.5 Å². The Labute approximate surface area is 164 Å². The summed E-state index contributed by atoms with van der Waals surface area (Å²) in [6, 6.07) is -0.0444. The van der Waals surface area contributed by atoms with E-state index in [2.05, 4.69) is 4.90 Å². The zero-order valence-corrected chi connectivity index (χ0v) is 16.7. The van der Waals surface area contributed by atoms with E-state index in [1.165, 1.54) is 6.92 Å². The van der Waals surface area contributed by atoms with Gasteiger partial charge >= 0.3 is 17.9 Å². The molecule has 0 aliphatic carbocycles. The Bertz CT molecular complexity index is 749. The molecule has 28 heavy (non-hydrogen) atoms. The summed E-state index contributed by atoms with van der Waals surface area (Å²) in [7, 11) is 0. The molecule has 6 atom stereocenters. The van der Waals surface area contributed by atoms with Gasteiger partial charge in [0, 0.05) is 25.9 Å². The third kappa shape index (κ3) is 2.93. The Hall–Kier alpha value is -1.93. The van der Waals surface area contributed by atoms with Crippen LogP contribution in [-0.2, 0) is 33.3 Å². The summed E-state index contributed by atoms with van der Waals surface area (Å²) in [5.74, 6) is -1.91. The van der Waals surface area contributed by atoms with Gasteiger partial charge in [-0.3, -0.25) is 14.5 Å². The molecule has 4 rings (SSSR count). The SMILES string of the molecule is CC(=O)O[C@@H]1[C@@H](C)[C@]2(C)O[C@@]1(C)CC(=O)O[C@@H]1CCN3CC=C(COC2=O)[C@H]13. The van der Waals surface area contributed by atoms with Crippen molar-refractivity contribution in [3.63, 3.8) is 0 Å². The highest BCUT2D eigenvalue weighted by molar-refractivity contribution is 5.81. The van der Waals surface area contributed by atoms with Crippen LogP contribution in [-0.4, -0.2) is 72.0 Å². The lowest BCUT2D eigenvalue weighted by molar-refractivity contribution is -0.188. The van der Waals surface area contributed by atoms with Gasteiger partial charge in [-0.2, -0.15) is 0 Å². The van der Waals surface area contributed by atoms with Crippen LogP contribution < -0.4 is 0 Å². The molecule has 4 heterocycles. The summed E-state index contributed by atoms with van der Waals surface area (Å²) < 4.78 is 23.1. The zero-order chi connectivity index (χ0) is 20.3. The van der Waals surface area contributed by atoms with Crippen LogP contribution in [0.25, 0.3) is 0 Å². The van der Waals surface area contributed by atoms with Gasteiger partial charge in [0.15, 0.2) is 5.60 Å². The first-order chi connectivity index (χ1) is 13.1. The molecule has 3 saturated heterocycles. The number of esters is 3. The van der Waals surface area contributed by atoms with Crippen molar-refractivity contribution in [3.8, 4) is 0 Å². The summed E-state index contributed by atoms with van der Waals surface area (Å²) in [4.78, 5) is 39.7. The normalized spacial score (nSPS) is 43.4. The van der Waals surface area contributed by atoms with Crippen LogP contribution in [0.15, 0.2) is 11.6 Å². The number of nitrogens with zero attached hydrogens (tertiary/aromatic N) is 1. The highest BCUT2D eigenvalue weighted by Crippen LogP contribution is 2.47. The van der Waals surface area contributed by atoms with E-state index in [-0.39, 0.29) is 25.2 Å². The van der Waals surface area contributed by atoms with Gasteiger partial charge in [0.2, 0.25) is 0 Å². The fraction of sp³-hybridized carbons (Fsp3) is 0.750. The lowest BCUT2D eigenvalue weighted by atomic mass is 9.83. The van der Waals surface area contributed by atoms with Crippen molar-refractivity contribution in [2.24, 2.45) is 5.92 Å². The molecule has 0 radical (unpaired) electrons. The number of cyclic esters (lactones) is 1. The van der Waals surface area contributed by atoms with Crippen molar-refractivity contribution < 1.29 is 33.3 Å². The first-order valence-electron chi connectivity index (χ1n) is 9.81. The predicted molar refractivity (Wildman–Crippen MR) is 96.1 cm³/mol. The van der Waals surface area contributed by atoms with Crippen LogP contribution in [0, 0.1) is 5.92 Å². The molecule has 0 aromatic carbocycles. The fourth-order valence-electron chi connectivity index (χ4n) is 5.14. The number of hydrogen-bond donors (Lipinski definition) is 0. The second kappa shape index (κ2) is 6.56. The molecular formula is C20H27NO7. The molecule has 0 saturated carbocycles. The molecule has 4 aliphatic rings. The van der Waals surface area contributed by atoms with Crippen molar-refractivity contribution >= 4 is 17.9 Å². The Morgan fingerprint density at radius 3 is 2.79 bits per heavy atom. The Kier molecular flexibility index (Phi) is 4.54. The molecule has 0 N–H and O–H groups in total. The van der Waals surface area contributed by atoms with Crippen molar-refractivity contribution in [2.45, 2.75) is 70.0 Å². The first-order valence-corrected chi connectivity index (χ1v) is 9.81. The Morgan fingerprint density at radius 2 is 2.07 bits per heavy atom. The van der Waals surface area contributed by atoms with Gasteiger partial charge < -0.3 is 18.9 Å². The van der Waals surface area contributed by atoms with Gasteiger partial charge in [-0.1, -0.05) is 13.0 Å². The lowest BCUT2D eigenvalue weighted by Crippen LogP contribution is -2.45. The fourth-order valence-corrected chi connectivity index (χ4v) is 5.14. The predicted octanol–water partition coefficient (Wildman–Crippen LogP) is 0.975. The number of hydrogen-bond acceptors (Lipinski definition) is 8. The number of ether oxygens (including phenoxy) is 4. The van der Waals surface area contributed by atoms with E-state index in [0.717, 1.165) is 25.1 Å². The second-order valence-corrected chi connectivity index (χ2v) is 8.63. The second-order valence-electron chi connectivity index (χ2n) is 8.63. The summed E-state index contributed by atoms with van der Waals surface area (Å²) in [5.41, 5.74) is -1.55. The van der Waals surface area contributed by atoms with E-state index in [1.807, 2.05) is 6.08 Å². The molecule has 4 aliphatic heterocycles. The monoisotopic (exact) mass is 393 g/mol. The maximum Gasteiger partial charge on any atom is 0.338 e. The summed E-state index contributed by atoms with van der Waals surface area (Å²) in [5, 5.41) is 0. The van der Waals surface area contributed by atoms with Crippen LogP contribution in [0.4, 0.5) is 0 Å². The lowest BCUT2D eigenvalue weighted by Gasteiger charge is -2.32. The number of carbonyl (C=O) groups is 3. The van der Waals surface area contributed by atoms with Crippen LogP contribution >= 0.6 is 0 Å². The standard InChI is InChI=1S/C20H27NO7/c1-11-17(26-12(2)22)19(3)9-15(23)27-14-6-8-21-7-5-13(16(14)21)10-25-18(24)20(11,4)28-19/h5,11,14,16-17H,6-10H2,1-4H3/t11-,14-,16-,17-,19+,20+/m1/s1. The maximum atomic E-state index is 13.0.